The van der Waals surface area contributed by atoms with Gasteiger partial charge in [0.15, 0.2) is 0 Å². The molecule has 3 nitrogen and oxygen atoms in total. The second-order valence-corrected chi connectivity index (χ2v) is 4.48. The smallest absolute Gasteiger partial charge is 0.227 e. The van der Waals surface area contributed by atoms with Crippen molar-refractivity contribution in [3.8, 4) is 0 Å². The molecule has 0 saturated carbocycles. The summed E-state index contributed by atoms with van der Waals surface area (Å²) in [6, 6.07) is 7.86. The molecule has 0 bridgehead atoms. The summed E-state index contributed by atoms with van der Waals surface area (Å²) in [6.07, 6.45) is 2.23. The molecule has 0 radical (unpaired) electrons. The van der Waals surface area contributed by atoms with Crippen LogP contribution in [0.15, 0.2) is 24.3 Å². The van der Waals surface area contributed by atoms with Crippen molar-refractivity contribution < 1.29 is 4.79 Å². The number of hydrogen-bond donors (Lipinski definition) is 1. The standard InChI is InChI=1S/C12H14N2OS/c13-11(16)8-9-3-5-10(6-4-9)14-7-1-2-12(14)15/h3-6H,1-2,7-8H2,(H2,13,16). The van der Waals surface area contributed by atoms with E-state index < -0.39 is 0 Å². The van der Waals surface area contributed by atoms with E-state index >= 15 is 0 Å². The molecule has 1 aliphatic heterocycles. The van der Waals surface area contributed by atoms with E-state index in [2.05, 4.69) is 0 Å². The normalized spacial score (nSPS) is 15.5. The van der Waals surface area contributed by atoms with Crippen molar-refractivity contribution in [2.75, 3.05) is 11.4 Å². The molecule has 0 unspecified atom stereocenters. The molecule has 0 aromatic heterocycles. The summed E-state index contributed by atoms with van der Waals surface area (Å²) >= 11 is 4.85. The molecule has 4 heteroatoms. The van der Waals surface area contributed by atoms with Crippen LogP contribution in [0.25, 0.3) is 0 Å². The van der Waals surface area contributed by atoms with E-state index in [0.717, 1.165) is 24.2 Å². The summed E-state index contributed by atoms with van der Waals surface area (Å²) < 4.78 is 0. The van der Waals surface area contributed by atoms with E-state index in [1.54, 1.807) is 0 Å². The van der Waals surface area contributed by atoms with Gasteiger partial charge in [0.05, 0.1) is 4.99 Å². The summed E-state index contributed by atoms with van der Waals surface area (Å²) in [5.74, 6) is 0.210. The summed E-state index contributed by atoms with van der Waals surface area (Å²) in [4.78, 5) is 13.8. The minimum Gasteiger partial charge on any atom is -0.393 e. The van der Waals surface area contributed by atoms with Gasteiger partial charge in [0.2, 0.25) is 5.91 Å². The number of nitrogens with zero attached hydrogens (tertiary/aromatic N) is 1. The number of anilines is 1. The molecule has 1 aromatic rings. The number of amides is 1. The van der Waals surface area contributed by atoms with Gasteiger partial charge < -0.3 is 10.6 Å². The highest BCUT2D eigenvalue weighted by Crippen LogP contribution is 2.21. The fraction of sp³-hybridized carbons (Fsp3) is 0.333. The Bertz CT molecular complexity index is 414. The van der Waals surface area contributed by atoms with Crippen LogP contribution in [0.3, 0.4) is 0 Å². The SMILES string of the molecule is NC(=S)Cc1ccc(N2CCCC2=O)cc1. The number of carbonyl (C=O) groups is 1. The second kappa shape index (κ2) is 4.61. The number of thiocarbonyl (C=S) groups is 1. The van der Waals surface area contributed by atoms with Gasteiger partial charge in [-0.3, -0.25) is 4.79 Å². The second-order valence-electron chi connectivity index (χ2n) is 3.96. The van der Waals surface area contributed by atoms with Gasteiger partial charge in [-0.2, -0.15) is 0 Å². The molecule has 0 atom stereocenters. The third-order valence-corrected chi connectivity index (χ3v) is 2.84. The Labute approximate surface area is 100 Å². The Morgan fingerprint density at radius 2 is 2.06 bits per heavy atom. The first-order valence-electron chi connectivity index (χ1n) is 5.34. The number of nitrogens with two attached hydrogens (primary N) is 1. The van der Waals surface area contributed by atoms with Crippen LogP contribution in [0, 0.1) is 0 Å². The Morgan fingerprint density at radius 3 is 2.56 bits per heavy atom. The molecule has 0 aliphatic carbocycles. The fourth-order valence-electron chi connectivity index (χ4n) is 1.92. The van der Waals surface area contributed by atoms with Crippen molar-refractivity contribution in [3.05, 3.63) is 29.8 Å². The number of hydrogen-bond acceptors (Lipinski definition) is 2. The maximum absolute atomic E-state index is 11.5. The molecule has 1 saturated heterocycles. The van der Waals surface area contributed by atoms with Crippen LogP contribution >= 0.6 is 12.2 Å². The molecular weight excluding hydrogens is 220 g/mol. The zero-order valence-electron chi connectivity index (χ0n) is 8.98. The molecule has 1 aromatic carbocycles. The predicted octanol–water partition coefficient (Wildman–Crippen LogP) is 1.64. The lowest BCUT2D eigenvalue weighted by atomic mass is 10.1. The highest BCUT2D eigenvalue weighted by atomic mass is 32.1. The van der Waals surface area contributed by atoms with Crippen LogP contribution in [0.5, 0.6) is 0 Å². The average Bonchev–Trinajstić information content (AvgIpc) is 2.65. The Morgan fingerprint density at radius 1 is 1.38 bits per heavy atom. The van der Waals surface area contributed by atoms with E-state index in [9.17, 15) is 4.79 Å². The third kappa shape index (κ3) is 2.39. The van der Waals surface area contributed by atoms with Gasteiger partial charge >= 0.3 is 0 Å². The quantitative estimate of drug-likeness (QED) is 0.809. The maximum Gasteiger partial charge on any atom is 0.227 e. The van der Waals surface area contributed by atoms with Crippen molar-refractivity contribution in [1.29, 1.82) is 0 Å². The van der Waals surface area contributed by atoms with Crippen molar-refractivity contribution in [3.63, 3.8) is 0 Å². The van der Waals surface area contributed by atoms with Crippen LogP contribution < -0.4 is 10.6 Å². The van der Waals surface area contributed by atoms with Gasteiger partial charge in [-0.1, -0.05) is 24.4 Å². The maximum atomic E-state index is 11.5. The first kappa shape index (κ1) is 11.1. The molecule has 0 spiro atoms. The average molecular weight is 234 g/mol. The molecule has 1 fully saturated rings. The molecule has 1 aliphatic rings. The van der Waals surface area contributed by atoms with Crippen LogP contribution in [0.2, 0.25) is 0 Å². The van der Waals surface area contributed by atoms with Gasteiger partial charge in [0.1, 0.15) is 0 Å². The topological polar surface area (TPSA) is 46.3 Å². The minimum absolute atomic E-state index is 0.210. The largest absolute Gasteiger partial charge is 0.393 e. The minimum atomic E-state index is 0.210. The first-order chi connectivity index (χ1) is 7.66. The van der Waals surface area contributed by atoms with Crippen molar-refractivity contribution >= 4 is 28.8 Å². The van der Waals surface area contributed by atoms with E-state index in [0.29, 0.717) is 17.8 Å². The van der Waals surface area contributed by atoms with E-state index in [1.165, 1.54) is 0 Å². The van der Waals surface area contributed by atoms with E-state index in [-0.39, 0.29) is 5.91 Å². The number of carbonyl (C=O) groups excluding carboxylic acids is 1. The first-order valence-corrected chi connectivity index (χ1v) is 5.75. The Hall–Kier alpha value is -1.42. The van der Waals surface area contributed by atoms with Crippen LogP contribution in [0.4, 0.5) is 5.69 Å². The summed E-state index contributed by atoms with van der Waals surface area (Å²) in [5, 5.41) is 0. The lowest BCUT2D eigenvalue weighted by Gasteiger charge is -2.15. The molecule has 2 rings (SSSR count). The van der Waals surface area contributed by atoms with Crippen molar-refractivity contribution in [1.82, 2.24) is 0 Å². The van der Waals surface area contributed by atoms with Crippen LogP contribution in [-0.2, 0) is 11.2 Å². The van der Waals surface area contributed by atoms with Crippen molar-refractivity contribution in [2.45, 2.75) is 19.3 Å². The lowest BCUT2D eigenvalue weighted by Crippen LogP contribution is -2.23. The molecule has 1 amide bonds. The summed E-state index contributed by atoms with van der Waals surface area (Å²) in [5.41, 5.74) is 7.53. The summed E-state index contributed by atoms with van der Waals surface area (Å²) in [6.45, 7) is 0.827. The highest BCUT2D eigenvalue weighted by molar-refractivity contribution is 7.80. The molecule has 2 N–H and O–H groups in total. The van der Waals surface area contributed by atoms with E-state index in [4.69, 9.17) is 18.0 Å². The molecular formula is C12H14N2OS. The van der Waals surface area contributed by atoms with Gasteiger partial charge in [-0.15, -0.1) is 0 Å². The van der Waals surface area contributed by atoms with Gasteiger partial charge in [-0.25, -0.2) is 0 Å². The molecule has 1 heterocycles. The van der Waals surface area contributed by atoms with Crippen LogP contribution in [0.1, 0.15) is 18.4 Å². The van der Waals surface area contributed by atoms with Crippen molar-refractivity contribution in [2.24, 2.45) is 5.73 Å². The monoisotopic (exact) mass is 234 g/mol. The Kier molecular flexibility index (Phi) is 3.19. The number of benzene rings is 1. The van der Waals surface area contributed by atoms with E-state index in [1.807, 2.05) is 29.2 Å². The third-order valence-electron chi connectivity index (χ3n) is 2.70. The van der Waals surface area contributed by atoms with Gasteiger partial charge in [0, 0.05) is 25.1 Å². The van der Waals surface area contributed by atoms with Gasteiger partial charge in [0.25, 0.3) is 0 Å². The van der Waals surface area contributed by atoms with Gasteiger partial charge in [-0.05, 0) is 24.1 Å². The van der Waals surface area contributed by atoms with Crippen LogP contribution in [-0.4, -0.2) is 17.4 Å². The zero-order chi connectivity index (χ0) is 11.5. The molecule has 84 valence electrons. The lowest BCUT2D eigenvalue weighted by molar-refractivity contribution is -0.117. The number of rotatable bonds is 3. The Balaban J connectivity index is 2.12. The zero-order valence-corrected chi connectivity index (χ0v) is 9.80. The fourth-order valence-corrected chi connectivity index (χ4v) is 2.08. The molecule has 16 heavy (non-hydrogen) atoms. The summed E-state index contributed by atoms with van der Waals surface area (Å²) in [7, 11) is 0. The predicted molar refractivity (Wildman–Crippen MR) is 68.5 cm³/mol. The highest BCUT2D eigenvalue weighted by Gasteiger charge is 2.21.